The molecule has 0 N–H and O–H groups in total. The lowest BCUT2D eigenvalue weighted by molar-refractivity contribution is -0.274. The number of nitrogens with zero attached hydrogens (tertiary/aromatic N) is 3. The second-order valence-electron chi connectivity index (χ2n) is 8.62. The van der Waals surface area contributed by atoms with Gasteiger partial charge in [0, 0.05) is 31.5 Å². The number of halogens is 4. The molecule has 0 bridgehead atoms. The van der Waals surface area contributed by atoms with Gasteiger partial charge in [-0.15, -0.1) is 13.2 Å². The van der Waals surface area contributed by atoms with Crippen molar-refractivity contribution in [2.75, 3.05) is 29.9 Å². The summed E-state index contributed by atoms with van der Waals surface area (Å²) in [6.07, 6.45) is 0.190. The van der Waals surface area contributed by atoms with E-state index >= 15 is 0 Å². The van der Waals surface area contributed by atoms with Crippen LogP contribution in [0.2, 0.25) is 5.02 Å². The van der Waals surface area contributed by atoms with Crippen LogP contribution in [0.1, 0.15) is 32.3 Å². The Hall–Kier alpha value is -3.00. The van der Waals surface area contributed by atoms with E-state index in [1.54, 1.807) is 19.1 Å². The highest BCUT2D eigenvalue weighted by atomic mass is 35.5. The number of carbonyl (C=O) groups excluding carboxylic acids is 1. The summed E-state index contributed by atoms with van der Waals surface area (Å²) in [5.74, 6) is 0.989. The molecular formula is C26H29ClF3N3O2. The Morgan fingerprint density at radius 3 is 2.40 bits per heavy atom. The highest BCUT2D eigenvalue weighted by Crippen LogP contribution is 2.34. The number of ether oxygens (including phenoxy) is 1. The first-order valence-electron chi connectivity index (χ1n) is 11.4. The molecular weight excluding hydrogens is 479 g/mol. The molecule has 0 unspecified atom stereocenters. The smallest absolute Gasteiger partial charge is 0.406 e. The average molecular weight is 508 g/mol. The summed E-state index contributed by atoms with van der Waals surface area (Å²) >= 11 is 6.64. The zero-order chi connectivity index (χ0) is 25.6. The molecule has 188 valence electrons. The number of allylic oxidation sites excluding steroid dienone is 2. The van der Waals surface area contributed by atoms with E-state index in [9.17, 15) is 18.0 Å². The quantitative estimate of drug-likeness (QED) is 0.182. The van der Waals surface area contributed by atoms with Gasteiger partial charge in [-0.05, 0) is 81.0 Å². The van der Waals surface area contributed by atoms with E-state index in [-0.39, 0.29) is 5.75 Å². The predicted octanol–water partition coefficient (Wildman–Crippen LogP) is 6.66. The number of hydrogen-bond acceptors (Lipinski definition) is 4. The van der Waals surface area contributed by atoms with Crippen LogP contribution in [0.3, 0.4) is 0 Å². The second-order valence-corrected chi connectivity index (χ2v) is 9.03. The fraction of sp³-hybridized carbons (Fsp3) is 0.385. The van der Waals surface area contributed by atoms with Crippen LogP contribution in [0.5, 0.6) is 5.75 Å². The van der Waals surface area contributed by atoms with Crippen molar-refractivity contribution in [2.45, 2.75) is 39.5 Å². The van der Waals surface area contributed by atoms with E-state index in [2.05, 4.69) is 14.6 Å². The highest BCUT2D eigenvalue weighted by molar-refractivity contribution is 6.33. The molecule has 0 saturated carbocycles. The number of anilines is 2. The van der Waals surface area contributed by atoms with Crippen LogP contribution in [0.4, 0.5) is 24.5 Å². The van der Waals surface area contributed by atoms with Crippen LogP contribution in [0, 0.1) is 5.92 Å². The number of aldehydes is 1. The van der Waals surface area contributed by atoms with E-state index in [4.69, 9.17) is 11.6 Å². The van der Waals surface area contributed by atoms with Crippen molar-refractivity contribution in [2.24, 2.45) is 10.9 Å². The molecule has 0 amide bonds. The lowest BCUT2D eigenvalue weighted by Gasteiger charge is -2.34. The Kier molecular flexibility index (Phi) is 8.83. The van der Waals surface area contributed by atoms with Crippen LogP contribution < -0.4 is 14.5 Å². The van der Waals surface area contributed by atoms with Crippen molar-refractivity contribution < 1.29 is 22.7 Å². The van der Waals surface area contributed by atoms with Gasteiger partial charge < -0.3 is 14.5 Å². The minimum Gasteiger partial charge on any atom is -0.406 e. The number of carbonyl (C=O) groups is 1. The predicted molar refractivity (Wildman–Crippen MR) is 135 cm³/mol. The number of benzene rings is 2. The van der Waals surface area contributed by atoms with Gasteiger partial charge in [0.15, 0.2) is 0 Å². The summed E-state index contributed by atoms with van der Waals surface area (Å²) in [5.41, 5.74) is 3.49. The van der Waals surface area contributed by atoms with Crippen molar-refractivity contribution in [3.05, 3.63) is 64.8 Å². The highest BCUT2D eigenvalue weighted by Gasteiger charge is 2.31. The fourth-order valence-corrected chi connectivity index (χ4v) is 4.45. The molecule has 0 spiro atoms. The summed E-state index contributed by atoms with van der Waals surface area (Å²) in [5, 5.41) is 0.654. The normalized spacial score (nSPS) is 15.8. The molecule has 0 aromatic heterocycles. The summed E-state index contributed by atoms with van der Waals surface area (Å²) < 4.78 is 40.9. The Labute approximate surface area is 208 Å². The van der Waals surface area contributed by atoms with Crippen LogP contribution in [-0.4, -0.2) is 38.6 Å². The van der Waals surface area contributed by atoms with Crippen LogP contribution in [-0.2, 0) is 11.2 Å². The second kappa shape index (κ2) is 11.6. The summed E-state index contributed by atoms with van der Waals surface area (Å²) in [6, 6.07) is 12.0. The Balaban J connectivity index is 1.57. The van der Waals surface area contributed by atoms with Crippen LogP contribution in [0.25, 0.3) is 0 Å². The van der Waals surface area contributed by atoms with Gasteiger partial charge >= 0.3 is 6.36 Å². The number of alkyl halides is 3. The maximum Gasteiger partial charge on any atom is 0.573 e. The van der Waals surface area contributed by atoms with E-state index in [0.717, 1.165) is 55.1 Å². The zero-order valence-corrected chi connectivity index (χ0v) is 20.7. The molecule has 1 heterocycles. The molecule has 0 aliphatic carbocycles. The Morgan fingerprint density at radius 2 is 1.83 bits per heavy atom. The molecule has 5 nitrogen and oxygen atoms in total. The van der Waals surface area contributed by atoms with E-state index in [1.807, 2.05) is 37.1 Å². The van der Waals surface area contributed by atoms with Gasteiger partial charge in [0.2, 0.25) is 0 Å². The van der Waals surface area contributed by atoms with Gasteiger partial charge in [-0.1, -0.05) is 23.7 Å². The summed E-state index contributed by atoms with van der Waals surface area (Å²) in [6.45, 7) is 5.34. The standard InChI is InChI=1S/C26H29ClF3N3O2/c1-18(12-15-34)31-19(2)32(3)22-6-9-25(24(27)17-22)33-13-10-21(11-14-33)16-20-4-7-23(8-5-20)35-26(28,29)30/h4-9,12,15,17,21H,10-11,13-14,16H2,1-3H3/b18-12-,31-19-. The number of hydrogen-bond donors (Lipinski definition) is 0. The third-order valence-corrected chi connectivity index (χ3v) is 6.39. The largest absolute Gasteiger partial charge is 0.573 e. The molecule has 1 aliphatic heterocycles. The monoisotopic (exact) mass is 507 g/mol. The maximum absolute atomic E-state index is 12.3. The molecule has 2 aromatic rings. The number of aliphatic imine (C=N–C) groups is 1. The Morgan fingerprint density at radius 1 is 1.17 bits per heavy atom. The molecule has 2 aromatic carbocycles. The van der Waals surface area contributed by atoms with E-state index in [0.29, 0.717) is 22.9 Å². The molecule has 1 saturated heterocycles. The van der Waals surface area contributed by atoms with Crippen molar-refractivity contribution in [1.29, 1.82) is 0 Å². The molecule has 0 atom stereocenters. The van der Waals surface area contributed by atoms with Crippen LogP contribution in [0.15, 0.2) is 59.2 Å². The summed E-state index contributed by atoms with van der Waals surface area (Å²) in [7, 11) is 1.89. The van der Waals surface area contributed by atoms with E-state index < -0.39 is 6.36 Å². The summed E-state index contributed by atoms with van der Waals surface area (Å²) in [4.78, 5) is 19.2. The Bertz CT molecular complexity index is 1080. The minimum absolute atomic E-state index is 0.200. The maximum atomic E-state index is 12.3. The first-order valence-corrected chi connectivity index (χ1v) is 11.7. The first-order chi connectivity index (χ1) is 16.6. The first kappa shape index (κ1) is 26.6. The average Bonchev–Trinajstić information content (AvgIpc) is 2.79. The van der Waals surface area contributed by atoms with Gasteiger partial charge in [0.25, 0.3) is 0 Å². The van der Waals surface area contributed by atoms with Gasteiger partial charge in [-0.25, -0.2) is 4.99 Å². The van der Waals surface area contributed by atoms with Gasteiger partial charge in [-0.2, -0.15) is 0 Å². The van der Waals surface area contributed by atoms with Gasteiger partial charge in [0.1, 0.15) is 17.9 Å². The fourth-order valence-electron chi connectivity index (χ4n) is 4.15. The molecule has 1 fully saturated rings. The third-order valence-electron chi connectivity index (χ3n) is 6.09. The third kappa shape index (κ3) is 7.75. The molecule has 35 heavy (non-hydrogen) atoms. The minimum atomic E-state index is -4.68. The molecule has 1 aliphatic rings. The van der Waals surface area contributed by atoms with Crippen molar-refractivity contribution in [3.8, 4) is 5.75 Å². The number of piperidine rings is 1. The van der Waals surface area contributed by atoms with Crippen molar-refractivity contribution >= 4 is 35.1 Å². The van der Waals surface area contributed by atoms with E-state index in [1.165, 1.54) is 18.2 Å². The van der Waals surface area contributed by atoms with Crippen molar-refractivity contribution in [3.63, 3.8) is 0 Å². The van der Waals surface area contributed by atoms with Gasteiger partial charge in [0.05, 0.1) is 10.7 Å². The van der Waals surface area contributed by atoms with Gasteiger partial charge in [-0.3, -0.25) is 4.79 Å². The zero-order valence-electron chi connectivity index (χ0n) is 20.0. The number of rotatable bonds is 7. The molecule has 9 heteroatoms. The molecule has 0 radical (unpaired) electrons. The number of amidine groups is 1. The van der Waals surface area contributed by atoms with Crippen LogP contribution >= 0.6 is 11.6 Å². The lowest BCUT2D eigenvalue weighted by Crippen LogP contribution is -2.34. The SMILES string of the molecule is CC(=C/C=O)/N=C(/C)N(C)c1ccc(N2CCC(Cc3ccc(OC(F)(F)F)cc3)CC2)c(Cl)c1. The topological polar surface area (TPSA) is 45.1 Å². The lowest BCUT2D eigenvalue weighted by atomic mass is 9.90. The van der Waals surface area contributed by atoms with Crippen molar-refractivity contribution in [1.82, 2.24) is 0 Å². The molecule has 3 rings (SSSR count).